The maximum atomic E-state index is 10.3. The van der Waals surface area contributed by atoms with Crippen LogP contribution >= 0.6 is 11.6 Å². The summed E-state index contributed by atoms with van der Waals surface area (Å²) in [6.45, 7) is 0.228. The largest absolute Gasteiger partial charge is 0.462 e. The summed E-state index contributed by atoms with van der Waals surface area (Å²) in [6.07, 6.45) is -5.81. The number of hydrogen-bond acceptors (Lipinski definition) is 7. The van der Waals surface area contributed by atoms with E-state index in [1.165, 1.54) is 0 Å². The summed E-state index contributed by atoms with van der Waals surface area (Å²) < 4.78 is 11.4. The van der Waals surface area contributed by atoms with E-state index in [0.29, 0.717) is 10.8 Å². The molecule has 8 heteroatoms. The number of rotatable bonds is 5. The Morgan fingerprint density at radius 1 is 1.03 bits per heavy atom. The molecule has 0 bridgehead atoms. The fourth-order valence-electron chi connectivity index (χ4n) is 3.93. The molecule has 1 unspecified atom stereocenters. The lowest BCUT2D eigenvalue weighted by Gasteiger charge is -2.39. The highest BCUT2D eigenvalue weighted by Crippen LogP contribution is 2.41. The molecule has 156 valence electrons. The molecule has 0 saturated carbocycles. The third-order valence-corrected chi connectivity index (χ3v) is 5.75. The molecule has 0 spiro atoms. The molecule has 0 aromatic heterocycles. The summed E-state index contributed by atoms with van der Waals surface area (Å²) in [7, 11) is 0. The van der Waals surface area contributed by atoms with Crippen LogP contribution in [0.1, 0.15) is 17.0 Å². The number of fused-ring (bicyclic) bond motifs is 1. The molecule has 7 nitrogen and oxygen atoms in total. The van der Waals surface area contributed by atoms with Crippen molar-refractivity contribution < 1.29 is 29.9 Å². The highest BCUT2D eigenvalue weighted by molar-refractivity contribution is 6.30. The van der Waals surface area contributed by atoms with Gasteiger partial charge < -0.3 is 35.2 Å². The number of hydrogen-bond donors (Lipinski definition) is 5. The predicted octanol–water partition coefficient (Wildman–Crippen LogP) is 1.27. The van der Waals surface area contributed by atoms with E-state index in [2.05, 4.69) is 5.32 Å². The summed E-state index contributed by atoms with van der Waals surface area (Å²) in [6, 6.07) is 13.3. The lowest BCUT2D eigenvalue weighted by molar-refractivity contribution is -0.277. The Kier molecular flexibility index (Phi) is 5.96. The zero-order valence-corrected chi connectivity index (χ0v) is 16.4. The molecule has 2 heterocycles. The molecule has 0 amide bonds. The number of benzene rings is 2. The predicted molar refractivity (Wildman–Crippen MR) is 107 cm³/mol. The standard InChI is InChI=1S/C21H24ClNO6/c22-13-6-4-11(5-7-13)8-12-9-23-14-2-1-3-15(17(12)14)28-21-20(27)19(26)18(25)16(10-24)29-21/h1-7,12,16,18-21,23-27H,8-10H2/t12?,16-,18-,19+,20-,21-/m1/s1. The van der Waals surface area contributed by atoms with Crippen LogP contribution in [-0.2, 0) is 11.2 Å². The van der Waals surface area contributed by atoms with Crippen LogP contribution < -0.4 is 10.1 Å². The first-order valence-corrected chi connectivity index (χ1v) is 9.94. The van der Waals surface area contributed by atoms with Crippen LogP contribution in [0, 0.1) is 0 Å². The number of anilines is 1. The molecule has 29 heavy (non-hydrogen) atoms. The Balaban J connectivity index is 1.56. The van der Waals surface area contributed by atoms with Gasteiger partial charge in [0, 0.05) is 28.7 Å². The van der Waals surface area contributed by atoms with E-state index in [0.717, 1.165) is 29.8 Å². The van der Waals surface area contributed by atoms with Crippen molar-refractivity contribution in [3.63, 3.8) is 0 Å². The number of nitrogens with one attached hydrogen (secondary N) is 1. The van der Waals surface area contributed by atoms with Crippen LogP contribution in [0.5, 0.6) is 5.75 Å². The highest BCUT2D eigenvalue weighted by atomic mass is 35.5. The lowest BCUT2D eigenvalue weighted by atomic mass is 9.93. The van der Waals surface area contributed by atoms with Crippen molar-refractivity contribution in [2.45, 2.75) is 43.0 Å². The summed E-state index contributed by atoms with van der Waals surface area (Å²) in [4.78, 5) is 0. The van der Waals surface area contributed by atoms with Crippen LogP contribution in [0.4, 0.5) is 5.69 Å². The van der Waals surface area contributed by atoms with Gasteiger partial charge in [-0.1, -0.05) is 29.8 Å². The summed E-state index contributed by atoms with van der Waals surface area (Å²) in [5.41, 5.74) is 3.03. The van der Waals surface area contributed by atoms with Crippen LogP contribution in [0.15, 0.2) is 42.5 Å². The Morgan fingerprint density at radius 2 is 1.79 bits per heavy atom. The first-order valence-electron chi connectivity index (χ1n) is 9.56. The zero-order valence-electron chi connectivity index (χ0n) is 15.6. The minimum atomic E-state index is -1.48. The van der Waals surface area contributed by atoms with Gasteiger partial charge in [-0.25, -0.2) is 0 Å². The lowest BCUT2D eigenvalue weighted by Crippen LogP contribution is -2.60. The van der Waals surface area contributed by atoms with Crippen molar-refractivity contribution in [1.29, 1.82) is 0 Å². The Morgan fingerprint density at radius 3 is 2.52 bits per heavy atom. The minimum absolute atomic E-state index is 0.132. The molecule has 6 atom stereocenters. The molecular formula is C21H24ClNO6. The SMILES string of the molecule is OC[C@H]1O[C@@H](Oc2cccc3c2C(Cc2ccc(Cl)cc2)CN3)[C@H](O)[C@@H](O)[C@@H]1O. The van der Waals surface area contributed by atoms with Crippen LogP contribution in [-0.4, -0.2) is 64.3 Å². The van der Waals surface area contributed by atoms with E-state index in [1.54, 1.807) is 6.07 Å². The quantitative estimate of drug-likeness (QED) is 0.494. The van der Waals surface area contributed by atoms with Crippen molar-refractivity contribution in [2.75, 3.05) is 18.5 Å². The number of aliphatic hydroxyl groups excluding tert-OH is 4. The number of ether oxygens (including phenoxy) is 2. The van der Waals surface area contributed by atoms with Gasteiger partial charge in [0.05, 0.1) is 6.61 Å². The topological polar surface area (TPSA) is 111 Å². The van der Waals surface area contributed by atoms with E-state index in [9.17, 15) is 20.4 Å². The van der Waals surface area contributed by atoms with Gasteiger partial charge in [0.15, 0.2) is 0 Å². The summed E-state index contributed by atoms with van der Waals surface area (Å²) in [5, 5.41) is 43.7. The molecule has 2 aliphatic rings. The average Bonchev–Trinajstić information content (AvgIpc) is 3.14. The van der Waals surface area contributed by atoms with Gasteiger partial charge in [0.1, 0.15) is 30.2 Å². The van der Waals surface area contributed by atoms with E-state index in [-0.39, 0.29) is 5.92 Å². The Bertz CT molecular complexity index is 846. The molecular weight excluding hydrogens is 398 g/mol. The molecule has 0 aliphatic carbocycles. The molecule has 1 saturated heterocycles. The molecule has 0 radical (unpaired) electrons. The van der Waals surface area contributed by atoms with Crippen LogP contribution in [0.25, 0.3) is 0 Å². The van der Waals surface area contributed by atoms with E-state index in [4.69, 9.17) is 21.1 Å². The molecule has 2 aliphatic heterocycles. The molecule has 5 N–H and O–H groups in total. The normalized spacial score (nSPS) is 31.2. The molecule has 4 rings (SSSR count). The summed E-state index contributed by atoms with van der Waals surface area (Å²) >= 11 is 5.98. The Hall–Kier alpha value is -1.87. The van der Waals surface area contributed by atoms with E-state index < -0.39 is 37.3 Å². The van der Waals surface area contributed by atoms with Gasteiger partial charge in [-0.05, 0) is 36.2 Å². The monoisotopic (exact) mass is 421 g/mol. The van der Waals surface area contributed by atoms with E-state index in [1.807, 2.05) is 36.4 Å². The van der Waals surface area contributed by atoms with Gasteiger partial charge in [-0.2, -0.15) is 0 Å². The third-order valence-electron chi connectivity index (χ3n) is 5.50. The Labute approximate surface area is 173 Å². The maximum absolute atomic E-state index is 10.3. The smallest absolute Gasteiger partial charge is 0.229 e. The van der Waals surface area contributed by atoms with Gasteiger partial charge in [-0.3, -0.25) is 0 Å². The van der Waals surface area contributed by atoms with Crippen LogP contribution in [0.3, 0.4) is 0 Å². The molecule has 1 fully saturated rings. The van der Waals surface area contributed by atoms with Gasteiger partial charge in [0.2, 0.25) is 6.29 Å². The van der Waals surface area contributed by atoms with Crippen molar-refractivity contribution in [1.82, 2.24) is 0 Å². The number of halogens is 1. The average molecular weight is 422 g/mol. The maximum Gasteiger partial charge on any atom is 0.229 e. The van der Waals surface area contributed by atoms with E-state index >= 15 is 0 Å². The number of aliphatic hydroxyl groups is 4. The first kappa shape index (κ1) is 20.4. The fraction of sp³-hybridized carbons (Fsp3) is 0.429. The van der Waals surface area contributed by atoms with Gasteiger partial charge in [0.25, 0.3) is 0 Å². The minimum Gasteiger partial charge on any atom is -0.462 e. The van der Waals surface area contributed by atoms with Crippen LogP contribution in [0.2, 0.25) is 5.02 Å². The second kappa shape index (κ2) is 8.47. The second-order valence-electron chi connectivity index (χ2n) is 7.44. The first-order chi connectivity index (χ1) is 14.0. The molecule has 2 aromatic carbocycles. The summed E-state index contributed by atoms with van der Waals surface area (Å²) in [5.74, 6) is 0.656. The zero-order chi connectivity index (χ0) is 20.5. The van der Waals surface area contributed by atoms with Crippen molar-refractivity contribution in [3.05, 3.63) is 58.6 Å². The van der Waals surface area contributed by atoms with Gasteiger partial charge >= 0.3 is 0 Å². The van der Waals surface area contributed by atoms with Crippen molar-refractivity contribution in [2.24, 2.45) is 0 Å². The second-order valence-corrected chi connectivity index (χ2v) is 7.88. The van der Waals surface area contributed by atoms with Gasteiger partial charge in [-0.15, -0.1) is 0 Å². The van der Waals surface area contributed by atoms with Crippen molar-refractivity contribution in [3.8, 4) is 5.75 Å². The fourth-order valence-corrected chi connectivity index (χ4v) is 4.05. The highest BCUT2D eigenvalue weighted by Gasteiger charge is 2.45. The third kappa shape index (κ3) is 4.07. The van der Waals surface area contributed by atoms with Crippen molar-refractivity contribution >= 4 is 17.3 Å². The molecule has 2 aromatic rings.